The van der Waals surface area contributed by atoms with Crippen molar-refractivity contribution in [1.82, 2.24) is 9.78 Å². The number of amides is 1. The van der Waals surface area contributed by atoms with Crippen LogP contribution < -0.4 is 5.32 Å². The number of hydrogen-bond acceptors (Lipinski definition) is 2. The van der Waals surface area contributed by atoms with Crippen LogP contribution in [0.5, 0.6) is 0 Å². The molecule has 1 aromatic heterocycles. The molecular formula is C17H12F2IN3O. The standard InChI is InChI=1S/C17H12F2IN3O/c1-10-6-7-21-23(10)13-4-2-11(3-5-13)17(24)22-12-8-14(18)16(20)15(19)9-12/h2-9H,1H3,(H,22,24). The lowest BCUT2D eigenvalue weighted by atomic mass is 10.2. The number of benzene rings is 2. The van der Waals surface area contributed by atoms with Gasteiger partial charge in [0, 0.05) is 23.1 Å². The molecule has 1 amide bonds. The van der Waals surface area contributed by atoms with Crippen LogP contribution in [0, 0.1) is 22.1 Å². The first-order valence-electron chi connectivity index (χ1n) is 7.02. The number of aromatic nitrogens is 2. The molecule has 0 saturated heterocycles. The summed E-state index contributed by atoms with van der Waals surface area (Å²) in [6.45, 7) is 1.92. The molecule has 0 aliphatic heterocycles. The van der Waals surface area contributed by atoms with E-state index in [1.807, 2.05) is 13.0 Å². The van der Waals surface area contributed by atoms with Crippen molar-refractivity contribution < 1.29 is 13.6 Å². The van der Waals surface area contributed by atoms with Gasteiger partial charge in [-0.25, -0.2) is 13.5 Å². The third-order valence-electron chi connectivity index (χ3n) is 3.45. The van der Waals surface area contributed by atoms with Gasteiger partial charge in [-0.3, -0.25) is 4.79 Å². The molecule has 0 unspecified atom stereocenters. The van der Waals surface area contributed by atoms with Crippen LogP contribution >= 0.6 is 22.6 Å². The van der Waals surface area contributed by atoms with Crippen LogP contribution in [0.15, 0.2) is 48.7 Å². The number of nitrogens with one attached hydrogen (secondary N) is 1. The number of carbonyl (C=O) groups is 1. The van der Waals surface area contributed by atoms with Gasteiger partial charge in [0.25, 0.3) is 5.91 Å². The molecule has 0 aliphatic carbocycles. The summed E-state index contributed by atoms with van der Waals surface area (Å²) < 4.78 is 28.7. The maximum absolute atomic E-state index is 13.5. The summed E-state index contributed by atoms with van der Waals surface area (Å²) in [7, 11) is 0. The van der Waals surface area contributed by atoms with Gasteiger partial charge in [0.05, 0.1) is 9.26 Å². The van der Waals surface area contributed by atoms with Gasteiger partial charge in [0.1, 0.15) is 11.6 Å². The van der Waals surface area contributed by atoms with Crippen LogP contribution in [0.1, 0.15) is 16.1 Å². The average Bonchev–Trinajstić information content (AvgIpc) is 2.98. The second kappa shape index (κ2) is 6.68. The Bertz CT molecular complexity index is 883. The highest BCUT2D eigenvalue weighted by molar-refractivity contribution is 14.1. The molecule has 0 spiro atoms. The SMILES string of the molecule is Cc1ccnn1-c1ccc(C(=O)Nc2cc(F)c(I)c(F)c2)cc1. The Hall–Kier alpha value is -2.29. The van der Waals surface area contributed by atoms with Crippen LogP contribution in [-0.2, 0) is 0 Å². The molecule has 7 heteroatoms. The zero-order chi connectivity index (χ0) is 17.3. The second-order valence-corrected chi connectivity index (χ2v) is 6.22. The van der Waals surface area contributed by atoms with E-state index in [2.05, 4.69) is 10.4 Å². The lowest BCUT2D eigenvalue weighted by molar-refractivity contribution is 0.102. The molecule has 122 valence electrons. The Morgan fingerprint density at radius 1 is 1.12 bits per heavy atom. The smallest absolute Gasteiger partial charge is 0.255 e. The Morgan fingerprint density at radius 2 is 1.75 bits per heavy atom. The Kier molecular flexibility index (Phi) is 4.61. The van der Waals surface area contributed by atoms with E-state index in [9.17, 15) is 13.6 Å². The Labute approximate surface area is 150 Å². The summed E-state index contributed by atoms with van der Waals surface area (Å²) in [5, 5.41) is 6.68. The minimum atomic E-state index is -0.713. The largest absolute Gasteiger partial charge is 0.322 e. The average molecular weight is 439 g/mol. The molecule has 0 radical (unpaired) electrons. The lowest BCUT2D eigenvalue weighted by Crippen LogP contribution is -2.12. The highest BCUT2D eigenvalue weighted by Crippen LogP contribution is 2.21. The van der Waals surface area contributed by atoms with Crippen LogP contribution in [0.3, 0.4) is 0 Å². The highest BCUT2D eigenvalue weighted by Gasteiger charge is 2.12. The Morgan fingerprint density at radius 3 is 2.29 bits per heavy atom. The van der Waals surface area contributed by atoms with E-state index in [1.54, 1.807) is 57.7 Å². The molecule has 3 rings (SSSR count). The van der Waals surface area contributed by atoms with Crippen LogP contribution in [0.4, 0.5) is 14.5 Å². The Balaban J connectivity index is 1.80. The van der Waals surface area contributed by atoms with Crippen molar-refractivity contribution >= 4 is 34.2 Å². The monoisotopic (exact) mass is 439 g/mol. The summed E-state index contributed by atoms with van der Waals surface area (Å²) in [4.78, 5) is 12.2. The minimum Gasteiger partial charge on any atom is -0.322 e. The fourth-order valence-electron chi connectivity index (χ4n) is 2.22. The van der Waals surface area contributed by atoms with Crippen LogP contribution in [0.25, 0.3) is 5.69 Å². The van der Waals surface area contributed by atoms with Gasteiger partial charge in [-0.05, 0) is 72.0 Å². The summed E-state index contributed by atoms with van der Waals surface area (Å²) in [5.41, 5.74) is 2.24. The maximum Gasteiger partial charge on any atom is 0.255 e. The quantitative estimate of drug-likeness (QED) is 0.489. The van der Waals surface area contributed by atoms with Crippen molar-refractivity contribution in [2.24, 2.45) is 0 Å². The van der Waals surface area contributed by atoms with Gasteiger partial charge in [0.2, 0.25) is 0 Å². The fourth-order valence-corrected chi connectivity index (χ4v) is 2.54. The first-order valence-corrected chi connectivity index (χ1v) is 8.10. The van der Waals surface area contributed by atoms with Crippen molar-refractivity contribution in [3.63, 3.8) is 0 Å². The van der Waals surface area contributed by atoms with Gasteiger partial charge < -0.3 is 5.32 Å². The molecule has 1 heterocycles. The van der Waals surface area contributed by atoms with Gasteiger partial charge in [-0.15, -0.1) is 0 Å². The summed E-state index contributed by atoms with van der Waals surface area (Å²) >= 11 is 1.57. The molecule has 0 atom stereocenters. The number of nitrogens with zero attached hydrogens (tertiary/aromatic N) is 2. The third-order valence-corrected chi connectivity index (χ3v) is 4.48. The van der Waals surface area contributed by atoms with E-state index >= 15 is 0 Å². The van der Waals surface area contributed by atoms with Gasteiger partial charge in [0.15, 0.2) is 0 Å². The maximum atomic E-state index is 13.5. The van der Waals surface area contributed by atoms with E-state index in [1.165, 1.54) is 0 Å². The zero-order valence-electron chi connectivity index (χ0n) is 12.6. The molecule has 0 bridgehead atoms. The van der Waals surface area contributed by atoms with Crippen molar-refractivity contribution in [1.29, 1.82) is 0 Å². The van der Waals surface area contributed by atoms with Crippen LogP contribution in [-0.4, -0.2) is 15.7 Å². The predicted molar refractivity (Wildman–Crippen MR) is 95.3 cm³/mol. The summed E-state index contributed by atoms with van der Waals surface area (Å²) in [6, 6.07) is 10.8. The molecule has 0 fully saturated rings. The van der Waals surface area contributed by atoms with E-state index in [4.69, 9.17) is 0 Å². The first-order chi connectivity index (χ1) is 11.5. The van der Waals surface area contributed by atoms with E-state index in [0.29, 0.717) is 5.56 Å². The topological polar surface area (TPSA) is 46.9 Å². The normalized spacial score (nSPS) is 10.7. The fraction of sp³-hybridized carbons (Fsp3) is 0.0588. The van der Waals surface area contributed by atoms with Gasteiger partial charge in [-0.1, -0.05) is 0 Å². The second-order valence-electron chi connectivity index (χ2n) is 5.14. The van der Waals surface area contributed by atoms with Gasteiger partial charge >= 0.3 is 0 Å². The third kappa shape index (κ3) is 3.30. The minimum absolute atomic E-state index is 0.0717. The number of anilines is 1. The molecule has 4 nitrogen and oxygen atoms in total. The molecule has 24 heavy (non-hydrogen) atoms. The van der Waals surface area contributed by atoms with Crippen molar-refractivity contribution in [2.45, 2.75) is 6.92 Å². The number of carbonyl (C=O) groups excluding carboxylic acids is 1. The van der Waals surface area contributed by atoms with E-state index in [0.717, 1.165) is 23.5 Å². The van der Waals surface area contributed by atoms with E-state index in [-0.39, 0.29) is 9.26 Å². The molecule has 1 N–H and O–H groups in total. The molecule has 2 aromatic carbocycles. The summed E-state index contributed by atoms with van der Waals surface area (Å²) in [5.74, 6) is -1.87. The molecule has 3 aromatic rings. The number of halogens is 3. The lowest BCUT2D eigenvalue weighted by Gasteiger charge is -2.08. The van der Waals surface area contributed by atoms with Crippen molar-refractivity contribution in [3.8, 4) is 5.69 Å². The molecular weight excluding hydrogens is 427 g/mol. The van der Waals surface area contributed by atoms with Crippen molar-refractivity contribution in [2.75, 3.05) is 5.32 Å². The predicted octanol–water partition coefficient (Wildman–Crippen LogP) is 4.32. The highest BCUT2D eigenvalue weighted by atomic mass is 127. The zero-order valence-corrected chi connectivity index (χ0v) is 14.7. The number of aryl methyl sites for hydroxylation is 1. The van der Waals surface area contributed by atoms with E-state index < -0.39 is 17.5 Å². The van der Waals surface area contributed by atoms with Gasteiger partial charge in [-0.2, -0.15) is 5.10 Å². The molecule has 0 saturated carbocycles. The number of hydrogen-bond donors (Lipinski definition) is 1. The molecule has 0 aliphatic rings. The number of rotatable bonds is 3. The first kappa shape index (κ1) is 16.6. The van der Waals surface area contributed by atoms with Crippen molar-refractivity contribution in [3.05, 3.63) is 75.1 Å². The summed E-state index contributed by atoms with van der Waals surface area (Å²) in [6.07, 6.45) is 1.69. The van der Waals surface area contributed by atoms with Crippen LogP contribution in [0.2, 0.25) is 0 Å².